The molecule has 0 saturated carbocycles. The minimum atomic E-state index is -1.09. The van der Waals surface area contributed by atoms with Crippen molar-refractivity contribution in [3.05, 3.63) is 59.7 Å². The van der Waals surface area contributed by atoms with E-state index in [4.69, 9.17) is 9.72 Å². The van der Waals surface area contributed by atoms with Crippen LogP contribution in [-0.4, -0.2) is 83.8 Å². The lowest BCUT2D eigenvalue weighted by Crippen LogP contribution is -2.55. The van der Waals surface area contributed by atoms with Gasteiger partial charge < -0.3 is 19.4 Å². The van der Waals surface area contributed by atoms with Crippen molar-refractivity contribution in [1.29, 1.82) is 5.26 Å². The molecule has 224 valence electrons. The maximum atomic E-state index is 15.9. The first kappa shape index (κ1) is 28.9. The fraction of sp³-hybridized carbons (Fsp3) is 0.438. The molecule has 1 aromatic heterocycles. The van der Waals surface area contributed by atoms with Crippen molar-refractivity contribution >= 4 is 22.6 Å². The Morgan fingerprint density at radius 3 is 2.74 bits per heavy atom. The van der Waals surface area contributed by atoms with Gasteiger partial charge in [0.2, 0.25) is 0 Å². The van der Waals surface area contributed by atoms with Gasteiger partial charge in [0.15, 0.2) is 5.83 Å². The van der Waals surface area contributed by atoms with Gasteiger partial charge in [0.05, 0.1) is 24.0 Å². The van der Waals surface area contributed by atoms with E-state index in [0.717, 1.165) is 30.5 Å². The number of aromatic nitrogens is 2. The highest BCUT2D eigenvalue weighted by Crippen LogP contribution is 2.38. The summed E-state index contributed by atoms with van der Waals surface area (Å²) in [6.07, 6.45) is 1.59. The zero-order chi connectivity index (χ0) is 30.2. The summed E-state index contributed by atoms with van der Waals surface area (Å²) < 4.78 is 50.1. The molecule has 0 unspecified atom stereocenters. The Labute approximate surface area is 248 Å². The van der Waals surface area contributed by atoms with Gasteiger partial charge in [-0.2, -0.15) is 15.2 Å². The first-order chi connectivity index (χ1) is 20.7. The number of anilines is 1. The zero-order valence-corrected chi connectivity index (χ0v) is 24.0. The number of piperazine rings is 1. The molecule has 2 fully saturated rings. The summed E-state index contributed by atoms with van der Waals surface area (Å²) in [6.45, 7) is 5.07. The molecule has 3 heterocycles. The predicted octanol–water partition coefficient (Wildman–Crippen LogP) is 4.76. The maximum Gasteiger partial charge on any atom is 0.319 e. The van der Waals surface area contributed by atoms with Crippen LogP contribution < -0.4 is 9.64 Å². The Hall–Kier alpha value is -4.17. The van der Waals surface area contributed by atoms with Crippen LogP contribution in [0.4, 0.5) is 19.0 Å². The number of rotatable bonds is 7. The van der Waals surface area contributed by atoms with Gasteiger partial charge in [-0.15, -0.1) is 0 Å². The third-order valence-electron chi connectivity index (χ3n) is 8.85. The van der Waals surface area contributed by atoms with Crippen LogP contribution in [0.2, 0.25) is 0 Å². The summed E-state index contributed by atoms with van der Waals surface area (Å²) in [5.74, 6) is -2.02. The van der Waals surface area contributed by atoms with Gasteiger partial charge in [-0.3, -0.25) is 4.79 Å². The van der Waals surface area contributed by atoms with E-state index >= 15 is 4.39 Å². The minimum absolute atomic E-state index is 0.0247. The van der Waals surface area contributed by atoms with Crippen LogP contribution in [0.3, 0.4) is 0 Å². The van der Waals surface area contributed by atoms with Gasteiger partial charge in [0.1, 0.15) is 24.4 Å². The molecule has 2 aromatic carbocycles. The van der Waals surface area contributed by atoms with E-state index in [1.165, 1.54) is 11.0 Å². The molecular formula is C32H33F3N6O2. The standard InChI is InChI=1S/C32H33F3N6O2/c1-19(33)31(42)41-12-11-40(17-22(41)8-9-36)30-27-15-28(35)26(24-7-3-5-20-13-21(34)14-25(20)24)16-29(27)37-32(38-30)43-18-23-6-4-10-39(23)2/h3,5,7,15-16,21-23H,1,4,6,8,10-14,17-18H2,2H3/t21-,22+,23+/m1/s1. The van der Waals surface area contributed by atoms with Gasteiger partial charge in [0, 0.05) is 49.5 Å². The molecule has 3 atom stereocenters. The van der Waals surface area contributed by atoms with E-state index in [1.807, 2.05) is 24.1 Å². The molecule has 0 N–H and O–H groups in total. The molecule has 3 aromatic rings. The molecule has 43 heavy (non-hydrogen) atoms. The SMILES string of the molecule is C=C(F)C(=O)N1CCN(c2nc(OC[C@@H]3CCCN3C)nc3cc(-c4cccc5c4C[C@H](F)C5)c(F)cc23)C[C@@H]1CC#N. The molecule has 0 spiro atoms. The zero-order valence-electron chi connectivity index (χ0n) is 24.0. The van der Waals surface area contributed by atoms with Gasteiger partial charge in [-0.1, -0.05) is 24.8 Å². The number of carbonyl (C=O) groups excluding carboxylic acids is 1. The molecule has 2 aliphatic heterocycles. The summed E-state index contributed by atoms with van der Waals surface area (Å²) in [7, 11) is 2.05. The number of nitriles is 1. The maximum absolute atomic E-state index is 15.9. The number of hydrogen-bond donors (Lipinski definition) is 0. The number of hydrogen-bond acceptors (Lipinski definition) is 7. The van der Waals surface area contributed by atoms with E-state index in [2.05, 4.69) is 22.5 Å². The second kappa shape index (κ2) is 11.8. The molecule has 1 aliphatic carbocycles. The van der Waals surface area contributed by atoms with E-state index < -0.39 is 29.8 Å². The molecule has 0 bridgehead atoms. The predicted molar refractivity (Wildman–Crippen MR) is 157 cm³/mol. The fourth-order valence-corrected chi connectivity index (χ4v) is 6.59. The molecular weight excluding hydrogens is 557 g/mol. The van der Waals surface area contributed by atoms with Gasteiger partial charge in [0.25, 0.3) is 5.91 Å². The van der Waals surface area contributed by atoms with Crippen molar-refractivity contribution in [2.45, 2.75) is 50.4 Å². The van der Waals surface area contributed by atoms with E-state index in [-0.39, 0.29) is 44.5 Å². The molecule has 6 rings (SSSR count). The summed E-state index contributed by atoms with van der Waals surface area (Å²) in [6, 6.07) is 10.3. The molecule has 2 saturated heterocycles. The smallest absolute Gasteiger partial charge is 0.319 e. The first-order valence-corrected chi connectivity index (χ1v) is 14.6. The number of amides is 1. The summed E-state index contributed by atoms with van der Waals surface area (Å²) >= 11 is 0. The van der Waals surface area contributed by atoms with Crippen molar-refractivity contribution in [1.82, 2.24) is 19.8 Å². The number of likely N-dealkylation sites (N-methyl/N-ethyl adjacent to an activating group) is 1. The largest absolute Gasteiger partial charge is 0.462 e. The van der Waals surface area contributed by atoms with E-state index in [0.29, 0.717) is 40.9 Å². The quantitative estimate of drug-likeness (QED) is 0.367. The molecule has 0 radical (unpaired) electrons. The monoisotopic (exact) mass is 590 g/mol. The summed E-state index contributed by atoms with van der Waals surface area (Å²) in [5.41, 5.74) is 3.10. The first-order valence-electron chi connectivity index (χ1n) is 14.6. The molecule has 8 nitrogen and oxygen atoms in total. The summed E-state index contributed by atoms with van der Waals surface area (Å²) in [4.78, 5) is 27.2. The third-order valence-corrected chi connectivity index (χ3v) is 8.85. The highest BCUT2D eigenvalue weighted by Gasteiger charge is 2.34. The van der Waals surface area contributed by atoms with Crippen molar-refractivity contribution in [3.8, 4) is 23.2 Å². The number of ether oxygens (including phenoxy) is 1. The van der Waals surface area contributed by atoms with Crippen molar-refractivity contribution in [2.75, 3.05) is 44.7 Å². The number of carbonyl (C=O) groups is 1. The Morgan fingerprint density at radius 2 is 2.00 bits per heavy atom. The molecule has 11 heteroatoms. The minimum Gasteiger partial charge on any atom is -0.462 e. The second-order valence-electron chi connectivity index (χ2n) is 11.6. The van der Waals surface area contributed by atoms with E-state index in [9.17, 15) is 18.8 Å². The molecule has 1 amide bonds. The van der Waals surface area contributed by atoms with Gasteiger partial charge >= 0.3 is 6.01 Å². The topological polar surface area (TPSA) is 85.6 Å². The summed E-state index contributed by atoms with van der Waals surface area (Å²) in [5, 5.41) is 9.88. The van der Waals surface area contributed by atoms with Crippen LogP contribution in [0.5, 0.6) is 6.01 Å². The number of benzene rings is 2. The normalized spacial score (nSPS) is 22.1. The fourth-order valence-electron chi connectivity index (χ4n) is 6.59. The van der Waals surface area contributed by atoms with Crippen molar-refractivity contribution in [2.24, 2.45) is 0 Å². The van der Waals surface area contributed by atoms with Crippen LogP contribution in [-0.2, 0) is 17.6 Å². The van der Waals surface area contributed by atoms with Crippen LogP contribution >= 0.6 is 0 Å². The van der Waals surface area contributed by atoms with Crippen molar-refractivity contribution in [3.63, 3.8) is 0 Å². The Kier molecular flexibility index (Phi) is 7.97. The highest BCUT2D eigenvalue weighted by atomic mass is 19.1. The lowest BCUT2D eigenvalue weighted by atomic mass is 9.95. The van der Waals surface area contributed by atoms with Gasteiger partial charge in [-0.25, -0.2) is 13.2 Å². The Morgan fingerprint density at radius 1 is 1.16 bits per heavy atom. The number of alkyl halides is 1. The average molecular weight is 591 g/mol. The number of fused-ring (bicyclic) bond motifs is 2. The van der Waals surface area contributed by atoms with Crippen LogP contribution in [0.1, 0.15) is 30.4 Å². The van der Waals surface area contributed by atoms with Crippen LogP contribution in [0, 0.1) is 17.1 Å². The van der Waals surface area contributed by atoms with E-state index in [1.54, 1.807) is 12.1 Å². The average Bonchev–Trinajstić information content (AvgIpc) is 3.59. The number of likely N-dealkylation sites (tertiary alicyclic amines) is 1. The lowest BCUT2D eigenvalue weighted by Gasteiger charge is -2.41. The third kappa shape index (κ3) is 5.64. The molecule has 3 aliphatic rings. The van der Waals surface area contributed by atoms with Crippen LogP contribution in [0.15, 0.2) is 42.7 Å². The number of halogens is 3. The van der Waals surface area contributed by atoms with Crippen LogP contribution in [0.25, 0.3) is 22.0 Å². The van der Waals surface area contributed by atoms with Crippen molar-refractivity contribution < 1.29 is 22.7 Å². The Bertz CT molecular complexity index is 1620. The number of nitrogens with zero attached hydrogens (tertiary/aromatic N) is 6. The lowest BCUT2D eigenvalue weighted by molar-refractivity contribution is -0.131. The Balaban J connectivity index is 1.41. The van der Waals surface area contributed by atoms with Gasteiger partial charge in [-0.05, 0) is 55.3 Å². The highest BCUT2D eigenvalue weighted by molar-refractivity contribution is 5.94. The second-order valence-corrected chi connectivity index (χ2v) is 11.6.